The smallest absolute Gasteiger partial charge is 0.140 e. The lowest BCUT2D eigenvalue weighted by atomic mass is 10.1. The van der Waals surface area contributed by atoms with Crippen molar-refractivity contribution < 1.29 is 4.39 Å². The molecule has 5 heteroatoms. The normalized spacial score (nSPS) is 10.6. The third-order valence-electron chi connectivity index (χ3n) is 2.36. The fourth-order valence-corrected chi connectivity index (χ4v) is 2.29. The standard InChI is InChI=1S/C12H9Cl2FN2/c1-6-11(12(14)17-7(2)16-6)9-4-3-8(15)5-10(9)13/h3-5H,1-2H3. The fourth-order valence-electron chi connectivity index (χ4n) is 1.67. The van der Waals surface area contributed by atoms with Crippen LogP contribution in [0.15, 0.2) is 18.2 Å². The van der Waals surface area contributed by atoms with Gasteiger partial charge < -0.3 is 0 Å². The van der Waals surface area contributed by atoms with E-state index in [0.717, 1.165) is 5.69 Å². The molecule has 2 rings (SSSR count). The van der Waals surface area contributed by atoms with Crippen LogP contribution in [0.3, 0.4) is 0 Å². The molecule has 2 nitrogen and oxygen atoms in total. The highest BCUT2D eigenvalue weighted by molar-refractivity contribution is 6.36. The van der Waals surface area contributed by atoms with Gasteiger partial charge in [-0.1, -0.05) is 23.2 Å². The van der Waals surface area contributed by atoms with Crippen molar-refractivity contribution in [2.45, 2.75) is 13.8 Å². The quantitative estimate of drug-likeness (QED) is 0.726. The summed E-state index contributed by atoms with van der Waals surface area (Å²) in [6.45, 7) is 3.57. The summed E-state index contributed by atoms with van der Waals surface area (Å²) in [5, 5.41) is 0.617. The van der Waals surface area contributed by atoms with Gasteiger partial charge in [-0.15, -0.1) is 0 Å². The molecular formula is C12H9Cl2FN2. The number of benzene rings is 1. The lowest BCUT2D eigenvalue weighted by molar-refractivity contribution is 0.628. The summed E-state index contributed by atoms with van der Waals surface area (Å²) in [6, 6.07) is 4.15. The lowest BCUT2D eigenvalue weighted by Crippen LogP contribution is -1.97. The Hall–Kier alpha value is -1.19. The second-order valence-corrected chi connectivity index (χ2v) is 4.41. The molecule has 0 unspecified atom stereocenters. The minimum atomic E-state index is -0.388. The monoisotopic (exact) mass is 270 g/mol. The predicted molar refractivity (Wildman–Crippen MR) is 66.9 cm³/mol. The Balaban J connectivity index is 2.68. The van der Waals surface area contributed by atoms with E-state index < -0.39 is 0 Å². The Labute approximate surface area is 108 Å². The Morgan fingerprint density at radius 1 is 1.12 bits per heavy atom. The Morgan fingerprint density at radius 3 is 2.41 bits per heavy atom. The van der Waals surface area contributed by atoms with E-state index in [4.69, 9.17) is 23.2 Å². The molecule has 88 valence electrons. The number of aryl methyl sites for hydroxylation is 2. The molecule has 0 atom stereocenters. The van der Waals surface area contributed by atoms with Crippen molar-refractivity contribution >= 4 is 23.2 Å². The molecule has 0 amide bonds. The van der Waals surface area contributed by atoms with Gasteiger partial charge in [0.15, 0.2) is 0 Å². The second kappa shape index (κ2) is 4.59. The van der Waals surface area contributed by atoms with Crippen LogP contribution in [-0.4, -0.2) is 9.97 Å². The van der Waals surface area contributed by atoms with Gasteiger partial charge in [-0.25, -0.2) is 14.4 Å². The molecule has 0 bridgehead atoms. The van der Waals surface area contributed by atoms with E-state index in [9.17, 15) is 4.39 Å². The highest BCUT2D eigenvalue weighted by Crippen LogP contribution is 2.34. The summed E-state index contributed by atoms with van der Waals surface area (Å²) in [4.78, 5) is 8.30. The number of halogens is 3. The number of hydrogen-bond acceptors (Lipinski definition) is 2. The Kier molecular flexibility index (Phi) is 3.31. The average molecular weight is 271 g/mol. The first-order valence-corrected chi connectivity index (χ1v) is 5.71. The lowest BCUT2D eigenvalue weighted by Gasteiger charge is -2.09. The maximum atomic E-state index is 13.0. The fraction of sp³-hybridized carbons (Fsp3) is 0.167. The summed E-state index contributed by atoms with van der Waals surface area (Å²) in [5.74, 6) is 0.204. The van der Waals surface area contributed by atoms with Crippen molar-refractivity contribution in [3.05, 3.63) is 45.7 Å². The third-order valence-corrected chi connectivity index (χ3v) is 2.94. The summed E-state index contributed by atoms with van der Waals surface area (Å²) in [5.41, 5.74) is 1.99. The van der Waals surface area contributed by atoms with Gasteiger partial charge in [0.2, 0.25) is 0 Å². The van der Waals surface area contributed by atoms with Crippen LogP contribution < -0.4 is 0 Å². The summed E-state index contributed by atoms with van der Waals surface area (Å²) in [7, 11) is 0. The molecule has 0 N–H and O–H groups in total. The first-order valence-electron chi connectivity index (χ1n) is 4.95. The van der Waals surface area contributed by atoms with E-state index in [1.165, 1.54) is 12.1 Å². The molecule has 0 saturated heterocycles. The van der Waals surface area contributed by atoms with Gasteiger partial charge in [-0.05, 0) is 32.0 Å². The van der Waals surface area contributed by atoms with Gasteiger partial charge in [0, 0.05) is 11.1 Å². The van der Waals surface area contributed by atoms with Crippen molar-refractivity contribution in [1.29, 1.82) is 0 Å². The van der Waals surface area contributed by atoms with Crippen molar-refractivity contribution in [3.8, 4) is 11.1 Å². The van der Waals surface area contributed by atoms with Gasteiger partial charge in [0.25, 0.3) is 0 Å². The molecular weight excluding hydrogens is 262 g/mol. The van der Waals surface area contributed by atoms with Crippen molar-refractivity contribution in [2.75, 3.05) is 0 Å². The van der Waals surface area contributed by atoms with Gasteiger partial charge in [-0.3, -0.25) is 0 Å². The highest BCUT2D eigenvalue weighted by Gasteiger charge is 2.14. The zero-order valence-corrected chi connectivity index (χ0v) is 10.8. The summed E-state index contributed by atoms with van der Waals surface area (Å²) >= 11 is 12.1. The molecule has 2 aromatic rings. The number of aromatic nitrogens is 2. The third kappa shape index (κ3) is 2.40. The summed E-state index contributed by atoms with van der Waals surface area (Å²) in [6.07, 6.45) is 0. The maximum Gasteiger partial charge on any atom is 0.140 e. The molecule has 1 heterocycles. The van der Waals surface area contributed by atoms with E-state index in [1.54, 1.807) is 13.0 Å². The van der Waals surface area contributed by atoms with Crippen molar-refractivity contribution in [2.24, 2.45) is 0 Å². The van der Waals surface area contributed by atoms with E-state index in [-0.39, 0.29) is 5.82 Å². The van der Waals surface area contributed by atoms with E-state index in [1.807, 2.05) is 6.92 Å². The molecule has 1 aromatic carbocycles. The van der Waals surface area contributed by atoms with Crippen LogP contribution in [0.1, 0.15) is 11.5 Å². The van der Waals surface area contributed by atoms with Crippen LogP contribution in [-0.2, 0) is 0 Å². The van der Waals surface area contributed by atoms with E-state index in [2.05, 4.69) is 9.97 Å². The minimum absolute atomic E-state index is 0.294. The van der Waals surface area contributed by atoms with Gasteiger partial charge in [0.05, 0.1) is 10.7 Å². The molecule has 0 saturated carbocycles. The minimum Gasteiger partial charge on any atom is -0.238 e. The largest absolute Gasteiger partial charge is 0.238 e. The van der Waals surface area contributed by atoms with Crippen LogP contribution in [0, 0.1) is 19.7 Å². The first kappa shape index (κ1) is 12.3. The van der Waals surface area contributed by atoms with E-state index >= 15 is 0 Å². The SMILES string of the molecule is Cc1nc(C)c(-c2ccc(F)cc2Cl)c(Cl)n1. The molecule has 0 aliphatic heterocycles. The Morgan fingerprint density at radius 2 is 1.82 bits per heavy atom. The second-order valence-electron chi connectivity index (χ2n) is 3.65. The molecule has 1 aromatic heterocycles. The summed E-state index contributed by atoms with van der Waals surface area (Å²) < 4.78 is 13.0. The van der Waals surface area contributed by atoms with Gasteiger partial charge >= 0.3 is 0 Å². The van der Waals surface area contributed by atoms with Crippen LogP contribution in [0.2, 0.25) is 10.2 Å². The molecule has 0 spiro atoms. The molecule has 0 radical (unpaired) electrons. The predicted octanol–water partition coefficient (Wildman–Crippen LogP) is 4.21. The van der Waals surface area contributed by atoms with Crippen molar-refractivity contribution in [1.82, 2.24) is 9.97 Å². The van der Waals surface area contributed by atoms with Crippen LogP contribution in [0.5, 0.6) is 0 Å². The number of rotatable bonds is 1. The topological polar surface area (TPSA) is 25.8 Å². The molecule has 0 aliphatic carbocycles. The van der Waals surface area contributed by atoms with Crippen molar-refractivity contribution in [3.63, 3.8) is 0 Å². The number of hydrogen-bond donors (Lipinski definition) is 0. The highest BCUT2D eigenvalue weighted by atomic mass is 35.5. The zero-order chi connectivity index (χ0) is 12.6. The van der Waals surface area contributed by atoms with Crippen LogP contribution in [0.25, 0.3) is 11.1 Å². The zero-order valence-electron chi connectivity index (χ0n) is 9.26. The average Bonchev–Trinajstić information content (AvgIpc) is 2.19. The van der Waals surface area contributed by atoms with Gasteiger partial charge in [-0.2, -0.15) is 0 Å². The molecule has 0 aliphatic rings. The Bertz CT molecular complexity index is 562. The maximum absolute atomic E-state index is 13.0. The first-order chi connectivity index (χ1) is 7.99. The van der Waals surface area contributed by atoms with Crippen LogP contribution in [0.4, 0.5) is 4.39 Å². The van der Waals surface area contributed by atoms with Gasteiger partial charge in [0.1, 0.15) is 16.8 Å². The van der Waals surface area contributed by atoms with Crippen LogP contribution >= 0.6 is 23.2 Å². The molecule has 0 fully saturated rings. The van der Waals surface area contributed by atoms with E-state index in [0.29, 0.717) is 27.1 Å². The molecule has 17 heavy (non-hydrogen) atoms. The number of nitrogens with zero attached hydrogens (tertiary/aromatic N) is 2.